The molecule has 100 valence electrons. The van der Waals surface area contributed by atoms with Crippen LogP contribution in [0, 0.1) is 10.5 Å². The summed E-state index contributed by atoms with van der Waals surface area (Å²) in [5.74, 6) is -0.0376. The van der Waals surface area contributed by atoms with Gasteiger partial charge in [0.2, 0.25) is 5.91 Å². The van der Waals surface area contributed by atoms with Crippen molar-refractivity contribution in [2.45, 2.75) is 13.0 Å². The number of halogens is 2. The molecular weight excluding hydrogens is 367 g/mol. The maximum Gasteiger partial charge on any atom is 0.243 e. The van der Waals surface area contributed by atoms with Crippen LogP contribution in [-0.2, 0) is 9.53 Å². The molecule has 0 spiro atoms. The summed E-state index contributed by atoms with van der Waals surface area (Å²) >= 11 is 2.26. The second-order valence-electron chi connectivity index (χ2n) is 4.03. The first-order valence-corrected chi connectivity index (χ1v) is 6.63. The summed E-state index contributed by atoms with van der Waals surface area (Å²) in [7, 11) is 0. The van der Waals surface area contributed by atoms with Crippen LogP contribution in [-0.4, -0.2) is 31.7 Å². The van der Waals surface area contributed by atoms with Gasteiger partial charge in [-0.1, -0.05) is 6.07 Å². The van der Waals surface area contributed by atoms with E-state index in [4.69, 9.17) is 4.74 Å². The number of anilines is 1. The summed E-state index contributed by atoms with van der Waals surface area (Å²) in [6, 6.07) is 5.64. The lowest BCUT2D eigenvalue weighted by Crippen LogP contribution is -2.48. The van der Waals surface area contributed by atoms with Crippen molar-refractivity contribution in [2.24, 2.45) is 0 Å². The van der Waals surface area contributed by atoms with E-state index in [1.54, 1.807) is 0 Å². The van der Waals surface area contributed by atoms with Crippen molar-refractivity contribution in [1.29, 1.82) is 0 Å². The van der Waals surface area contributed by atoms with Gasteiger partial charge < -0.3 is 15.4 Å². The van der Waals surface area contributed by atoms with E-state index in [1.807, 2.05) is 25.1 Å². The number of nitrogens with one attached hydrogen (secondary N) is 2. The standard InChI is InChI=1S/C12H15IN2O2.ClH/c1-8-2-3-9(6-10(8)13)15-12(16)11-7-17-5-4-14-11;/h2-3,6,11,14H,4-5,7H2,1H3,(H,15,16);1H. The van der Waals surface area contributed by atoms with Gasteiger partial charge in [-0.05, 0) is 47.2 Å². The number of morpholine rings is 1. The number of carbonyl (C=O) groups excluding carboxylic acids is 1. The lowest BCUT2D eigenvalue weighted by atomic mass is 10.2. The molecule has 4 nitrogen and oxygen atoms in total. The van der Waals surface area contributed by atoms with Gasteiger partial charge in [-0.15, -0.1) is 12.4 Å². The van der Waals surface area contributed by atoms with E-state index in [1.165, 1.54) is 5.56 Å². The Morgan fingerprint density at radius 2 is 2.33 bits per heavy atom. The summed E-state index contributed by atoms with van der Waals surface area (Å²) < 4.78 is 6.41. The zero-order valence-corrected chi connectivity index (χ0v) is 13.0. The molecule has 1 aliphatic rings. The summed E-state index contributed by atoms with van der Waals surface area (Å²) in [6.07, 6.45) is 0. The molecule has 0 radical (unpaired) electrons. The van der Waals surface area contributed by atoms with Crippen molar-refractivity contribution >= 4 is 46.6 Å². The molecule has 1 amide bonds. The quantitative estimate of drug-likeness (QED) is 0.769. The Kier molecular flexibility index (Phi) is 6.34. The third-order valence-electron chi connectivity index (χ3n) is 2.68. The van der Waals surface area contributed by atoms with Crippen LogP contribution in [0.5, 0.6) is 0 Å². The predicted molar refractivity (Wildman–Crippen MR) is 82.4 cm³/mol. The maximum absolute atomic E-state index is 11.9. The smallest absolute Gasteiger partial charge is 0.243 e. The highest BCUT2D eigenvalue weighted by atomic mass is 127. The van der Waals surface area contributed by atoms with E-state index in [2.05, 4.69) is 33.2 Å². The average Bonchev–Trinajstić information content (AvgIpc) is 2.35. The molecule has 1 unspecified atom stereocenters. The summed E-state index contributed by atoms with van der Waals surface area (Å²) in [5, 5.41) is 6.02. The van der Waals surface area contributed by atoms with Gasteiger partial charge in [0.25, 0.3) is 0 Å². The monoisotopic (exact) mass is 382 g/mol. The molecule has 2 rings (SSSR count). The highest BCUT2D eigenvalue weighted by Crippen LogP contribution is 2.17. The van der Waals surface area contributed by atoms with Crippen molar-refractivity contribution < 1.29 is 9.53 Å². The molecular formula is C12H16ClIN2O2. The molecule has 0 saturated carbocycles. The number of ether oxygens (including phenoxy) is 1. The van der Waals surface area contributed by atoms with Crippen LogP contribution in [0.4, 0.5) is 5.69 Å². The number of hydrogen-bond acceptors (Lipinski definition) is 3. The van der Waals surface area contributed by atoms with E-state index in [0.717, 1.165) is 15.8 Å². The largest absolute Gasteiger partial charge is 0.378 e. The highest BCUT2D eigenvalue weighted by Gasteiger charge is 2.21. The molecule has 1 heterocycles. The Balaban J connectivity index is 0.00000162. The third-order valence-corrected chi connectivity index (χ3v) is 3.84. The molecule has 0 aliphatic carbocycles. The van der Waals surface area contributed by atoms with Crippen LogP contribution in [0.15, 0.2) is 18.2 Å². The van der Waals surface area contributed by atoms with Gasteiger partial charge in [0, 0.05) is 15.8 Å². The van der Waals surface area contributed by atoms with E-state index >= 15 is 0 Å². The zero-order chi connectivity index (χ0) is 12.3. The Hall–Kier alpha value is -0.370. The maximum atomic E-state index is 11.9. The highest BCUT2D eigenvalue weighted by molar-refractivity contribution is 14.1. The van der Waals surface area contributed by atoms with Crippen LogP contribution < -0.4 is 10.6 Å². The van der Waals surface area contributed by atoms with E-state index < -0.39 is 0 Å². The zero-order valence-electron chi connectivity index (χ0n) is 10.0. The normalized spacial score (nSPS) is 18.9. The molecule has 1 fully saturated rings. The van der Waals surface area contributed by atoms with Gasteiger partial charge in [-0.3, -0.25) is 4.79 Å². The van der Waals surface area contributed by atoms with E-state index in [9.17, 15) is 4.79 Å². The van der Waals surface area contributed by atoms with Crippen molar-refractivity contribution in [3.05, 3.63) is 27.3 Å². The van der Waals surface area contributed by atoms with E-state index in [0.29, 0.717) is 13.2 Å². The first-order chi connectivity index (χ1) is 8.16. The molecule has 1 aliphatic heterocycles. The fourth-order valence-electron chi connectivity index (χ4n) is 1.63. The molecule has 0 aromatic heterocycles. The molecule has 6 heteroatoms. The van der Waals surface area contributed by atoms with Gasteiger partial charge in [0.1, 0.15) is 6.04 Å². The summed E-state index contributed by atoms with van der Waals surface area (Å²) in [4.78, 5) is 11.9. The first-order valence-electron chi connectivity index (χ1n) is 5.55. The van der Waals surface area contributed by atoms with Crippen LogP contribution in [0.3, 0.4) is 0 Å². The second kappa shape index (κ2) is 7.28. The Morgan fingerprint density at radius 3 is 2.94 bits per heavy atom. The second-order valence-corrected chi connectivity index (χ2v) is 5.20. The van der Waals surface area contributed by atoms with E-state index in [-0.39, 0.29) is 24.4 Å². The molecule has 18 heavy (non-hydrogen) atoms. The van der Waals surface area contributed by atoms with Crippen molar-refractivity contribution in [1.82, 2.24) is 5.32 Å². The topological polar surface area (TPSA) is 50.4 Å². The van der Waals surface area contributed by atoms with Crippen molar-refractivity contribution in [3.63, 3.8) is 0 Å². The average molecular weight is 383 g/mol. The Morgan fingerprint density at radius 1 is 1.56 bits per heavy atom. The molecule has 1 saturated heterocycles. The minimum atomic E-state index is -0.247. The molecule has 1 aromatic carbocycles. The molecule has 0 bridgehead atoms. The Bertz CT molecular complexity index is 423. The van der Waals surface area contributed by atoms with Gasteiger partial charge in [0.15, 0.2) is 0 Å². The number of hydrogen-bond donors (Lipinski definition) is 2. The number of rotatable bonds is 2. The first kappa shape index (κ1) is 15.7. The number of amides is 1. The van der Waals surface area contributed by atoms with Gasteiger partial charge in [-0.2, -0.15) is 0 Å². The molecule has 2 N–H and O–H groups in total. The van der Waals surface area contributed by atoms with Crippen LogP contribution in [0.1, 0.15) is 5.56 Å². The minimum absolute atomic E-state index is 0. The van der Waals surface area contributed by atoms with Crippen LogP contribution >= 0.6 is 35.0 Å². The fraction of sp³-hybridized carbons (Fsp3) is 0.417. The minimum Gasteiger partial charge on any atom is -0.378 e. The van der Waals surface area contributed by atoms with Crippen LogP contribution in [0.25, 0.3) is 0 Å². The third kappa shape index (κ3) is 4.08. The van der Waals surface area contributed by atoms with Gasteiger partial charge in [-0.25, -0.2) is 0 Å². The lowest BCUT2D eigenvalue weighted by molar-refractivity contribution is -0.120. The van der Waals surface area contributed by atoms with Crippen molar-refractivity contribution in [3.8, 4) is 0 Å². The van der Waals surface area contributed by atoms with Crippen molar-refractivity contribution in [2.75, 3.05) is 25.1 Å². The molecule has 1 aromatic rings. The number of benzene rings is 1. The van der Waals surface area contributed by atoms with Gasteiger partial charge >= 0.3 is 0 Å². The Labute approximate surface area is 126 Å². The SMILES string of the molecule is Cc1ccc(NC(=O)C2COCCN2)cc1I.Cl. The summed E-state index contributed by atoms with van der Waals surface area (Å²) in [6.45, 7) is 3.88. The predicted octanol–water partition coefficient (Wildman–Crippen LogP) is 1.95. The number of carbonyl (C=O) groups is 1. The van der Waals surface area contributed by atoms with Gasteiger partial charge in [0.05, 0.1) is 13.2 Å². The number of aryl methyl sites for hydroxylation is 1. The fourth-order valence-corrected chi connectivity index (χ4v) is 2.15. The summed E-state index contributed by atoms with van der Waals surface area (Å²) in [5.41, 5.74) is 2.04. The van der Waals surface area contributed by atoms with Crippen LogP contribution in [0.2, 0.25) is 0 Å². The lowest BCUT2D eigenvalue weighted by Gasteiger charge is -2.22. The molecule has 1 atom stereocenters.